The van der Waals surface area contributed by atoms with Crippen LogP contribution in [0.15, 0.2) is 120 Å². The van der Waals surface area contributed by atoms with Gasteiger partial charge in [-0.2, -0.15) is 13.2 Å². The Hall–Kier alpha value is -5.89. The third-order valence-corrected chi connectivity index (χ3v) is 8.52. The number of carbonyl (C=O) groups is 3. The standard InChI is InChI=1S/C38H26F7N3O3S/c1-21(35(49)48-34-32(41)30(39)29(38(43,44)45)31(40)33(34)42)52-27-14-8-13-26(20-27)46-37(51)28(47-36(50)25-11-6-3-7-12-25)19-22-15-17-24(18-16-22)23-9-4-2-5-10-23/h2-21H,1H3,(H,46,51)(H,47,50)(H,48,49)/b28-19+. The van der Waals surface area contributed by atoms with Crippen LogP contribution in [0.25, 0.3) is 17.2 Å². The van der Waals surface area contributed by atoms with Gasteiger partial charge in [-0.05, 0) is 60.0 Å². The molecule has 0 saturated heterocycles. The fourth-order valence-corrected chi connectivity index (χ4v) is 5.76. The minimum atomic E-state index is -5.74. The Morgan fingerprint density at radius 1 is 0.692 bits per heavy atom. The van der Waals surface area contributed by atoms with Crippen molar-refractivity contribution in [1.29, 1.82) is 0 Å². The van der Waals surface area contributed by atoms with Gasteiger partial charge in [0.1, 0.15) is 16.9 Å². The maximum Gasteiger partial charge on any atom is 0.422 e. The average molecular weight is 738 g/mol. The van der Waals surface area contributed by atoms with Crippen molar-refractivity contribution < 1.29 is 45.1 Å². The number of hydrogen-bond donors (Lipinski definition) is 3. The Bertz CT molecular complexity index is 2120. The number of benzene rings is 5. The molecule has 5 rings (SSSR count). The van der Waals surface area contributed by atoms with Gasteiger partial charge in [-0.15, -0.1) is 11.8 Å². The maximum absolute atomic E-state index is 14.4. The summed E-state index contributed by atoms with van der Waals surface area (Å²) in [5.41, 5.74) is -1.55. The minimum Gasteiger partial charge on any atom is -0.321 e. The van der Waals surface area contributed by atoms with Crippen molar-refractivity contribution in [2.75, 3.05) is 10.6 Å². The molecular weight excluding hydrogens is 711 g/mol. The van der Waals surface area contributed by atoms with E-state index in [-0.39, 0.29) is 11.4 Å². The molecule has 266 valence electrons. The van der Waals surface area contributed by atoms with Crippen molar-refractivity contribution in [3.05, 3.63) is 155 Å². The van der Waals surface area contributed by atoms with Crippen LogP contribution in [-0.4, -0.2) is 23.0 Å². The Morgan fingerprint density at radius 2 is 1.27 bits per heavy atom. The SMILES string of the molecule is CC(Sc1cccc(NC(=O)/C(=C\c2ccc(-c3ccccc3)cc2)NC(=O)c2ccccc2)c1)C(=O)Nc1c(F)c(F)c(C(F)(F)F)c(F)c1F. The number of halogens is 7. The zero-order chi connectivity index (χ0) is 37.6. The van der Waals surface area contributed by atoms with E-state index >= 15 is 0 Å². The predicted molar refractivity (Wildman–Crippen MR) is 184 cm³/mol. The first-order chi connectivity index (χ1) is 24.7. The van der Waals surface area contributed by atoms with E-state index in [1.165, 1.54) is 37.3 Å². The monoisotopic (exact) mass is 737 g/mol. The molecule has 0 bridgehead atoms. The van der Waals surface area contributed by atoms with Crippen molar-refractivity contribution >= 4 is 46.9 Å². The third-order valence-electron chi connectivity index (χ3n) is 7.43. The summed E-state index contributed by atoms with van der Waals surface area (Å²) in [6.07, 6.45) is -4.25. The number of anilines is 2. The lowest BCUT2D eigenvalue weighted by molar-refractivity contribution is -0.143. The number of nitrogens with one attached hydrogen (secondary N) is 3. The van der Waals surface area contributed by atoms with Gasteiger partial charge in [0.25, 0.3) is 11.8 Å². The third kappa shape index (κ3) is 8.87. The lowest BCUT2D eigenvalue weighted by Gasteiger charge is -2.17. The molecule has 0 fully saturated rings. The quantitative estimate of drug-likeness (QED) is 0.0577. The molecular formula is C38H26F7N3O3S. The lowest BCUT2D eigenvalue weighted by atomic mass is 10.0. The number of carbonyl (C=O) groups excluding carboxylic acids is 3. The Labute approximate surface area is 296 Å². The van der Waals surface area contributed by atoms with Crippen LogP contribution >= 0.6 is 11.8 Å². The predicted octanol–water partition coefficient (Wildman–Crippen LogP) is 9.46. The van der Waals surface area contributed by atoms with Gasteiger partial charge in [-0.3, -0.25) is 14.4 Å². The van der Waals surface area contributed by atoms with Gasteiger partial charge < -0.3 is 16.0 Å². The fraction of sp³-hybridized carbons (Fsp3) is 0.0789. The molecule has 1 atom stereocenters. The molecule has 14 heteroatoms. The molecule has 0 heterocycles. The van der Waals surface area contributed by atoms with Crippen LogP contribution in [0.1, 0.15) is 28.4 Å². The molecule has 52 heavy (non-hydrogen) atoms. The highest BCUT2D eigenvalue weighted by Crippen LogP contribution is 2.39. The molecule has 0 saturated carbocycles. The molecule has 0 radical (unpaired) electrons. The second-order valence-corrected chi connectivity index (χ2v) is 12.5. The van der Waals surface area contributed by atoms with Crippen molar-refractivity contribution in [2.45, 2.75) is 23.2 Å². The number of thioether (sulfide) groups is 1. The van der Waals surface area contributed by atoms with Gasteiger partial charge in [0, 0.05) is 16.1 Å². The van der Waals surface area contributed by atoms with Gasteiger partial charge in [0.05, 0.1) is 5.25 Å². The molecule has 0 aliphatic rings. The highest BCUT2D eigenvalue weighted by molar-refractivity contribution is 8.00. The van der Waals surface area contributed by atoms with E-state index in [9.17, 15) is 45.1 Å². The second-order valence-electron chi connectivity index (χ2n) is 11.1. The van der Waals surface area contributed by atoms with E-state index in [1.54, 1.807) is 47.8 Å². The number of amides is 3. The fourth-order valence-electron chi connectivity index (χ4n) is 4.83. The van der Waals surface area contributed by atoms with Crippen LogP contribution in [0.5, 0.6) is 0 Å². The maximum atomic E-state index is 14.4. The smallest absolute Gasteiger partial charge is 0.321 e. The topological polar surface area (TPSA) is 87.3 Å². The van der Waals surface area contributed by atoms with E-state index in [4.69, 9.17) is 0 Å². The molecule has 1 unspecified atom stereocenters. The van der Waals surface area contributed by atoms with Crippen LogP contribution < -0.4 is 16.0 Å². The first-order valence-electron chi connectivity index (χ1n) is 15.3. The summed E-state index contributed by atoms with van der Waals surface area (Å²) in [7, 11) is 0. The Morgan fingerprint density at radius 3 is 1.87 bits per heavy atom. The zero-order valence-corrected chi connectivity index (χ0v) is 27.6. The van der Waals surface area contributed by atoms with Gasteiger partial charge >= 0.3 is 6.18 Å². The van der Waals surface area contributed by atoms with Crippen LogP contribution in [-0.2, 0) is 15.8 Å². The van der Waals surface area contributed by atoms with Gasteiger partial charge in [-0.25, -0.2) is 17.6 Å². The molecule has 5 aromatic carbocycles. The molecule has 0 aliphatic heterocycles. The Balaban J connectivity index is 1.33. The number of hydrogen-bond acceptors (Lipinski definition) is 4. The van der Waals surface area contributed by atoms with Crippen LogP contribution in [0.3, 0.4) is 0 Å². The summed E-state index contributed by atoms with van der Waals surface area (Å²) < 4.78 is 95.6. The highest BCUT2D eigenvalue weighted by atomic mass is 32.2. The van der Waals surface area contributed by atoms with Crippen molar-refractivity contribution in [1.82, 2.24) is 5.32 Å². The number of rotatable bonds is 10. The molecule has 5 aromatic rings. The van der Waals surface area contributed by atoms with Crippen LogP contribution in [0.2, 0.25) is 0 Å². The first kappa shape index (κ1) is 37.4. The lowest BCUT2D eigenvalue weighted by Crippen LogP contribution is -2.30. The van der Waals surface area contributed by atoms with Crippen molar-refractivity contribution in [3.8, 4) is 11.1 Å². The average Bonchev–Trinajstić information content (AvgIpc) is 3.12. The molecule has 3 amide bonds. The van der Waals surface area contributed by atoms with E-state index in [0.717, 1.165) is 22.9 Å². The summed E-state index contributed by atoms with van der Waals surface area (Å²) in [6, 6.07) is 31.1. The zero-order valence-electron chi connectivity index (χ0n) is 26.8. The van der Waals surface area contributed by atoms with Crippen molar-refractivity contribution in [2.24, 2.45) is 0 Å². The highest BCUT2D eigenvalue weighted by Gasteiger charge is 2.42. The summed E-state index contributed by atoms with van der Waals surface area (Å²) in [6.45, 7) is 1.26. The molecule has 0 aliphatic carbocycles. The molecule has 6 nitrogen and oxygen atoms in total. The van der Waals surface area contributed by atoms with E-state index in [0.29, 0.717) is 16.0 Å². The largest absolute Gasteiger partial charge is 0.422 e. The summed E-state index contributed by atoms with van der Waals surface area (Å²) in [5, 5.41) is 5.71. The Kier molecular flexibility index (Phi) is 11.5. The van der Waals surface area contributed by atoms with E-state index < -0.39 is 63.7 Å². The second kappa shape index (κ2) is 16.0. The van der Waals surface area contributed by atoms with Crippen LogP contribution in [0, 0.1) is 23.3 Å². The molecule has 0 spiro atoms. The molecule has 3 N–H and O–H groups in total. The van der Waals surface area contributed by atoms with Crippen molar-refractivity contribution in [3.63, 3.8) is 0 Å². The van der Waals surface area contributed by atoms with Crippen LogP contribution in [0.4, 0.5) is 42.1 Å². The summed E-state index contributed by atoms with van der Waals surface area (Å²) in [5.74, 6) is -12.7. The summed E-state index contributed by atoms with van der Waals surface area (Å²) in [4.78, 5) is 39.7. The van der Waals surface area contributed by atoms with Gasteiger partial charge in [-0.1, -0.05) is 78.9 Å². The molecule has 0 aromatic heterocycles. The first-order valence-corrected chi connectivity index (χ1v) is 16.2. The summed E-state index contributed by atoms with van der Waals surface area (Å²) >= 11 is 0.798. The number of alkyl halides is 3. The van der Waals surface area contributed by atoms with E-state index in [2.05, 4.69) is 10.6 Å². The van der Waals surface area contributed by atoms with E-state index in [1.807, 2.05) is 42.5 Å². The normalized spacial score (nSPS) is 12.2. The van der Waals surface area contributed by atoms with Gasteiger partial charge in [0.2, 0.25) is 5.91 Å². The van der Waals surface area contributed by atoms with Gasteiger partial charge in [0.15, 0.2) is 23.3 Å². The minimum absolute atomic E-state index is 0.104.